The van der Waals surface area contributed by atoms with Gasteiger partial charge in [0.15, 0.2) is 0 Å². The molecule has 0 aromatic carbocycles. The minimum atomic E-state index is -0.721. The SMILES string of the molecule is CC(=N)CCCC[C@H](C)C(=O)O. The maximum absolute atomic E-state index is 10.4. The second-order valence-electron chi connectivity index (χ2n) is 3.27. The maximum atomic E-state index is 10.4. The van der Waals surface area contributed by atoms with E-state index in [0.717, 1.165) is 25.7 Å². The van der Waals surface area contributed by atoms with E-state index in [9.17, 15) is 4.79 Å². The first kappa shape index (κ1) is 11.1. The highest BCUT2D eigenvalue weighted by molar-refractivity contribution is 5.78. The average Bonchev–Trinajstić information content (AvgIpc) is 1.97. The summed E-state index contributed by atoms with van der Waals surface area (Å²) < 4.78 is 0. The van der Waals surface area contributed by atoms with Gasteiger partial charge < -0.3 is 10.5 Å². The zero-order valence-electron chi connectivity index (χ0n) is 7.76. The third-order valence-electron chi connectivity index (χ3n) is 1.86. The lowest BCUT2D eigenvalue weighted by atomic mass is 10.0. The summed E-state index contributed by atoms with van der Waals surface area (Å²) in [6.45, 7) is 3.50. The van der Waals surface area contributed by atoms with Crippen LogP contribution in [0.25, 0.3) is 0 Å². The van der Waals surface area contributed by atoms with Crippen molar-refractivity contribution in [2.45, 2.75) is 39.5 Å². The summed E-state index contributed by atoms with van der Waals surface area (Å²) in [5.41, 5.74) is 0.679. The van der Waals surface area contributed by atoms with Crippen molar-refractivity contribution < 1.29 is 9.90 Å². The molecule has 0 fully saturated rings. The van der Waals surface area contributed by atoms with E-state index in [1.807, 2.05) is 0 Å². The number of aliphatic carboxylic acids is 1. The molecule has 3 nitrogen and oxygen atoms in total. The first-order valence-corrected chi connectivity index (χ1v) is 4.31. The van der Waals surface area contributed by atoms with Crippen LogP contribution >= 0.6 is 0 Å². The zero-order chi connectivity index (χ0) is 9.56. The summed E-state index contributed by atoms with van der Waals surface area (Å²) in [6.07, 6.45) is 3.37. The number of rotatable bonds is 6. The summed E-state index contributed by atoms with van der Waals surface area (Å²) in [5.74, 6) is -0.961. The molecule has 0 unspecified atom stereocenters. The Hall–Kier alpha value is -0.860. The normalized spacial score (nSPS) is 12.5. The fraction of sp³-hybridized carbons (Fsp3) is 0.778. The molecule has 0 amide bonds. The molecule has 0 radical (unpaired) electrons. The van der Waals surface area contributed by atoms with Gasteiger partial charge in [-0.1, -0.05) is 13.3 Å². The van der Waals surface area contributed by atoms with Gasteiger partial charge in [0.05, 0.1) is 5.92 Å². The van der Waals surface area contributed by atoms with Crippen LogP contribution in [-0.4, -0.2) is 16.8 Å². The van der Waals surface area contributed by atoms with E-state index in [4.69, 9.17) is 10.5 Å². The Kier molecular flexibility index (Phi) is 5.34. The van der Waals surface area contributed by atoms with Gasteiger partial charge in [-0.2, -0.15) is 0 Å². The van der Waals surface area contributed by atoms with E-state index in [2.05, 4.69) is 0 Å². The van der Waals surface area contributed by atoms with Crippen LogP contribution in [0.1, 0.15) is 39.5 Å². The second kappa shape index (κ2) is 5.75. The van der Waals surface area contributed by atoms with E-state index < -0.39 is 5.97 Å². The van der Waals surface area contributed by atoms with Gasteiger partial charge in [-0.3, -0.25) is 4.79 Å². The predicted octanol–water partition coefficient (Wildman–Crippen LogP) is 2.31. The van der Waals surface area contributed by atoms with Gasteiger partial charge in [-0.15, -0.1) is 0 Å². The molecule has 0 spiro atoms. The summed E-state index contributed by atoms with van der Waals surface area (Å²) >= 11 is 0. The van der Waals surface area contributed by atoms with Gasteiger partial charge in [0.2, 0.25) is 0 Å². The number of nitrogens with one attached hydrogen (secondary N) is 1. The van der Waals surface area contributed by atoms with E-state index >= 15 is 0 Å². The highest BCUT2D eigenvalue weighted by Gasteiger charge is 2.09. The minimum absolute atomic E-state index is 0.240. The van der Waals surface area contributed by atoms with E-state index in [0.29, 0.717) is 5.71 Å². The van der Waals surface area contributed by atoms with Gasteiger partial charge in [-0.25, -0.2) is 0 Å². The molecule has 0 saturated carbocycles. The molecular formula is C9H17NO2. The van der Waals surface area contributed by atoms with Crippen LogP contribution < -0.4 is 0 Å². The van der Waals surface area contributed by atoms with Crippen LogP contribution in [0.2, 0.25) is 0 Å². The fourth-order valence-corrected chi connectivity index (χ4v) is 0.964. The Morgan fingerprint density at radius 3 is 2.50 bits per heavy atom. The lowest BCUT2D eigenvalue weighted by molar-refractivity contribution is -0.141. The van der Waals surface area contributed by atoms with Crippen LogP contribution in [0.15, 0.2) is 0 Å². The Bertz CT molecular complexity index is 166. The molecule has 0 saturated heterocycles. The van der Waals surface area contributed by atoms with Gasteiger partial charge >= 0.3 is 5.97 Å². The summed E-state index contributed by atoms with van der Waals surface area (Å²) in [4.78, 5) is 10.4. The van der Waals surface area contributed by atoms with Crippen molar-refractivity contribution >= 4 is 11.7 Å². The molecule has 0 aliphatic rings. The molecule has 0 aliphatic heterocycles. The van der Waals surface area contributed by atoms with Gasteiger partial charge in [0, 0.05) is 5.71 Å². The van der Waals surface area contributed by atoms with E-state index in [-0.39, 0.29) is 5.92 Å². The lowest BCUT2D eigenvalue weighted by Gasteiger charge is -2.04. The smallest absolute Gasteiger partial charge is 0.306 e. The van der Waals surface area contributed by atoms with Crippen molar-refractivity contribution in [2.75, 3.05) is 0 Å². The number of hydrogen-bond donors (Lipinski definition) is 2. The van der Waals surface area contributed by atoms with Crippen molar-refractivity contribution in [1.29, 1.82) is 5.41 Å². The van der Waals surface area contributed by atoms with Crippen molar-refractivity contribution in [3.05, 3.63) is 0 Å². The van der Waals surface area contributed by atoms with Gasteiger partial charge in [0.25, 0.3) is 0 Å². The topological polar surface area (TPSA) is 61.2 Å². The molecular weight excluding hydrogens is 154 g/mol. The first-order valence-electron chi connectivity index (χ1n) is 4.31. The minimum Gasteiger partial charge on any atom is -0.481 e. The number of unbranched alkanes of at least 4 members (excludes halogenated alkanes) is 1. The summed E-state index contributed by atoms with van der Waals surface area (Å²) in [7, 11) is 0. The van der Waals surface area contributed by atoms with Gasteiger partial charge in [0.1, 0.15) is 0 Å². The largest absolute Gasteiger partial charge is 0.481 e. The van der Waals surface area contributed by atoms with Crippen LogP contribution in [0.5, 0.6) is 0 Å². The van der Waals surface area contributed by atoms with Crippen molar-refractivity contribution in [1.82, 2.24) is 0 Å². The van der Waals surface area contributed by atoms with Crippen LogP contribution in [0, 0.1) is 11.3 Å². The molecule has 70 valence electrons. The molecule has 0 bridgehead atoms. The number of carboxylic acids is 1. The Morgan fingerprint density at radius 2 is 2.08 bits per heavy atom. The molecule has 1 atom stereocenters. The van der Waals surface area contributed by atoms with Crippen LogP contribution in [-0.2, 0) is 4.79 Å². The third kappa shape index (κ3) is 5.89. The average molecular weight is 171 g/mol. The van der Waals surface area contributed by atoms with Crippen molar-refractivity contribution in [3.8, 4) is 0 Å². The third-order valence-corrected chi connectivity index (χ3v) is 1.86. The standard InChI is InChI=1S/C9H17NO2/c1-7(9(11)12)5-3-4-6-8(2)10/h7,10H,3-6H2,1-2H3,(H,11,12)/t7-/m0/s1. The molecule has 3 heteroatoms. The monoisotopic (exact) mass is 171 g/mol. The Labute approximate surface area is 73.3 Å². The molecule has 2 N–H and O–H groups in total. The quantitative estimate of drug-likeness (QED) is 0.476. The fourth-order valence-electron chi connectivity index (χ4n) is 0.964. The number of carboxylic acid groups (broad SMARTS) is 1. The van der Waals surface area contributed by atoms with Crippen LogP contribution in [0.4, 0.5) is 0 Å². The first-order chi connectivity index (χ1) is 5.54. The summed E-state index contributed by atoms with van der Waals surface area (Å²) in [6, 6.07) is 0. The Morgan fingerprint density at radius 1 is 1.50 bits per heavy atom. The lowest BCUT2D eigenvalue weighted by Crippen LogP contribution is -2.08. The predicted molar refractivity (Wildman–Crippen MR) is 48.7 cm³/mol. The van der Waals surface area contributed by atoms with Crippen molar-refractivity contribution in [2.24, 2.45) is 5.92 Å². The summed E-state index contributed by atoms with van der Waals surface area (Å²) in [5, 5.41) is 15.7. The molecule has 0 heterocycles. The molecule has 0 aromatic rings. The molecule has 0 rings (SSSR count). The number of hydrogen-bond acceptors (Lipinski definition) is 2. The van der Waals surface area contributed by atoms with Crippen LogP contribution in [0.3, 0.4) is 0 Å². The highest BCUT2D eigenvalue weighted by Crippen LogP contribution is 2.09. The zero-order valence-corrected chi connectivity index (χ0v) is 7.76. The molecule has 12 heavy (non-hydrogen) atoms. The number of carbonyl (C=O) groups is 1. The Balaban J connectivity index is 3.31. The van der Waals surface area contributed by atoms with Crippen molar-refractivity contribution in [3.63, 3.8) is 0 Å². The molecule has 0 aliphatic carbocycles. The molecule has 0 aromatic heterocycles. The van der Waals surface area contributed by atoms with E-state index in [1.165, 1.54) is 0 Å². The second-order valence-corrected chi connectivity index (χ2v) is 3.27. The highest BCUT2D eigenvalue weighted by atomic mass is 16.4. The van der Waals surface area contributed by atoms with E-state index in [1.54, 1.807) is 13.8 Å². The maximum Gasteiger partial charge on any atom is 0.306 e. The van der Waals surface area contributed by atoms with Gasteiger partial charge in [-0.05, 0) is 26.2 Å².